The van der Waals surface area contributed by atoms with Crippen molar-refractivity contribution in [1.82, 2.24) is 5.32 Å². The van der Waals surface area contributed by atoms with Crippen molar-refractivity contribution < 1.29 is 22.7 Å². The van der Waals surface area contributed by atoms with Gasteiger partial charge in [-0.15, -0.1) is 0 Å². The zero-order valence-electron chi connectivity index (χ0n) is 14.0. The maximum absolute atomic E-state index is 12.2. The van der Waals surface area contributed by atoms with Crippen molar-refractivity contribution in [1.29, 1.82) is 0 Å². The van der Waals surface area contributed by atoms with Crippen LogP contribution < -0.4 is 5.32 Å². The van der Waals surface area contributed by atoms with Gasteiger partial charge in [-0.2, -0.15) is 0 Å². The monoisotopic (exact) mass is 361 g/mol. The van der Waals surface area contributed by atoms with E-state index in [9.17, 15) is 18.0 Å². The molecule has 0 atom stereocenters. The van der Waals surface area contributed by atoms with Crippen molar-refractivity contribution in [2.24, 2.45) is 0 Å². The first kappa shape index (κ1) is 18.7. The van der Waals surface area contributed by atoms with Crippen molar-refractivity contribution in [2.75, 3.05) is 19.9 Å². The number of carbonyl (C=O) groups is 2. The number of nitrogens with one attached hydrogen (secondary N) is 1. The van der Waals surface area contributed by atoms with Crippen LogP contribution in [0.3, 0.4) is 0 Å². The third-order valence-corrected chi connectivity index (χ3v) is 4.76. The van der Waals surface area contributed by atoms with Gasteiger partial charge in [-0.3, -0.25) is 4.79 Å². The molecular weight excluding hydrogens is 342 g/mol. The molecule has 2 aromatic carbocycles. The van der Waals surface area contributed by atoms with Crippen molar-refractivity contribution in [3.63, 3.8) is 0 Å². The van der Waals surface area contributed by atoms with E-state index in [-0.39, 0.29) is 10.5 Å². The van der Waals surface area contributed by atoms with Gasteiger partial charge in [0.05, 0.1) is 23.1 Å². The summed E-state index contributed by atoms with van der Waals surface area (Å²) in [6, 6.07) is 13.0. The summed E-state index contributed by atoms with van der Waals surface area (Å²) in [4.78, 5) is 23.6. The quantitative estimate of drug-likeness (QED) is 0.793. The number of rotatable bonds is 6. The van der Waals surface area contributed by atoms with E-state index in [2.05, 4.69) is 10.1 Å². The van der Waals surface area contributed by atoms with Gasteiger partial charge in [0.2, 0.25) is 0 Å². The topological polar surface area (TPSA) is 89.5 Å². The van der Waals surface area contributed by atoms with Crippen molar-refractivity contribution in [2.45, 2.75) is 11.3 Å². The third-order valence-electron chi connectivity index (χ3n) is 3.61. The molecule has 2 rings (SSSR count). The summed E-state index contributed by atoms with van der Waals surface area (Å²) < 4.78 is 28.1. The summed E-state index contributed by atoms with van der Waals surface area (Å²) in [5.41, 5.74) is 1.52. The smallest absolute Gasteiger partial charge is 0.337 e. The number of hydrogen-bond donors (Lipinski definition) is 1. The molecule has 7 heteroatoms. The zero-order chi connectivity index (χ0) is 18.4. The van der Waals surface area contributed by atoms with Crippen LogP contribution in [0, 0.1) is 0 Å². The van der Waals surface area contributed by atoms with E-state index in [1.165, 1.54) is 19.2 Å². The van der Waals surface area contributed by atoms with Crippen LogP contribution in [0.4, 0.5) is 0 Å². The van der Waals surface area contributed by atoms with Crippen LogP contribution in [0.2, 0.25) is 0 Å². The van der Waals surface area contributed by atoms with Crippen molar-refractivity contribution >= 4 is 21.7 Å². The highest BCUT2D eigenvalue weighted by atomic mass is 32.2. The van der Waals surface area contributed by atoms with Crippen LogP contribution in [-0.4, -0.2) is 40.2 Å². The molecule has 0 aliphatic heterocycles. The molecule has 0 aromatic heterocycles. The summed E-state index contributed by atoms with van der Waals surface area (Å²) in [6.07, 6.45) is 1.62. The second-order valence-corrected chi connectivity index (χ2v) is 7.45. The van der Waals surface area contributed by atoms with Crippen LogP contribution in [0.1, 0.15) is 26.3 Å². The maximum atomic E-state index is 12.2. The predicted octanol–water partition coefficient (Wildman–Crippen LogP) is 1.85. The molecule has 25 heavy (non-hydrogen) atoms. The Labute approximate surface area is 146 Å². The van der Waals surface area contributed by atoms with Gasteiger partial charge >= 0.3 is 5.97 Å². The molecule has 0 bridgehead atoms. The minimum Gasteiger partial charge on any atom is -0.465 e. The van der Waals surface area contributed by atoms with Gasteiger partial charge in [0.15, 0.2) is 9.84 Å². The molecule has 0 aliphatic rings. The Bertz CT molecular complexity index is 873. The first-order chi connectivity index (χ1) is 11.8. The van der Waals surface area contributed by atoms with E-state index in [0.717, 1.165) is 11.8 Å². The number of methoxy groups -OCH3 is 1. The van der Waals surface area contributed by atoms with Crippen LogP contribution in [0.15, 0.2) is 53.4 Å². The standard InChI is InChI=1S/C18H19NO5S/c1-24-18(21)14-9-7-13(8-10-14)11-12-19-17(20)15-5-3-4-6-16(15)25(2,22)23/h3-10H,11-12H2,1-2H3,(H,19,20). The molecule has 1 amide bonds. The first-order valence-corrected chi connectivity index (χ1v) is 9.46. The zero-order valence-corrected chi connectivity index (χ0v) is 14.8. The van der Waals surface area contributed by atoms with Crippen LogP contribution in [-0.2, 0) is 21.0 Å². The average molecular weight is 361 g/mol. The Kier molecular flexibility index (Phi) is 5.93. The summed E-state index contributed by atoms with van der Waals surface area (Å²) >= 11 is 0. The summed E-state index contributed by atoms with van der Waals surface area (Å²) in [7, 11) is -2.16. The minimum absolute atomic E-state index is 0.00920. The highest BCUT2D eigenvalue weighted by Gasteiger charge is 2.17. The molecule has 0 saturated carbocycles. The van der Waals surface area contributed by atoms with Crippen LogP contribution >= 0.6 is 0 Å². The molecule has 0 spiro atoms. The second-order valence-electron chi connectivity index (χ2n) is 5.46. The molecule has 0 aliphatic carbocycles. The fourth-order valence-corrected chi connectivity index (χ4v) is 3.20. The summed E-state index contributed by atoms with van der Waals surface area (Å²) in [5.74, 6) is -0.843. The number of ether oxygens (including phenoxy) is 1. The molecule has 0 radical (unpaired) electrons. The maximum Gasteiger partial charge on any atom is 0.337 e. The SMILES string of the molecule is COC(=O)c1ccc(CCNC(=O)c2ccccc2S(C)(=O)=O)cc1. The van der Waals surface area contributed by atoms with Crippen molar-refractivity contribution in [3.8, 4) is 0 Å². The number of amides is 1. The van der Waals surface area contributed by atoms with Gasteiger partial charge < -0.3 is 10.1 Å². The molecule has 0 heterocycles. The predicted molar refractivity (Wildman–Crippen MR) is 93.4 cm³/mol. The van der Waals surface area contributed by atoms with E-state index in [1.807, 2.05) is 0 Å². The van der Waals surface area contributed by atoms with Crippen molar-refractivity contribution in [3.05, 3.63) is 65.2 Å². The molecule has 0 unspecified atom stereocenters. The number of benzene rings is 2. The molecule has 2 aromatic rings. The van der Waals surface area contributed by atoms with E-state index in [4.69, 9.17) is 0 Å². The van der Waals surface area contributed by atoms with Gasteiger partial charge in [0.25, 0.3) is 5.91 Å². The van der Waals surface area contributed by atoms with Gasteiger partial charge in [-0.1, -0.05) is 24.3 Å². The number of carbonyl (C=O) groups excluding carboxylic acids is 2. The fraction of sp³-hybridized carbons (Fsp3) is 0.222. The lowest BCUT2D eigenvalue weighted by Gasteiger charge is -2.09. The lowest BCUT2D eigenvalue weighted by Crippen LogP contribution is -2.27. The third kappa shape index (κ3) is 4.90. The fourth-order valence-electron chi connectivity index (χ4n) is 2.32. The Hall–Kier alpha value is -2.67. The van der Waals surface area contributed by atoms with Gasteiger partial charge in [-0.25, -0.2) is 13.2 Å². The van der Waals surface area contributed by atoms with Crippen LogP contribution in [0.25, 0.3) is 0 Å². The van der Waals surface area contributed by atoms with Gasteiger partial charge in [0.1, 0.15) is 0 Å². The number of sulfone groups is 1. The number of esters is 1. The van der Waals surface area contributed by atoms with E-state index >= 15 is 0 Å². The lowest BCUT2D eigenvalue weighted by atomic mass is 10.1. The van der Waals surface area contributed by atoms with Gasteiger partial charge in [-0.05, 0) is 36.2 Å². The number of hydrogen-bond acceptors (Lipinski definition) is 5. The van der Waals surface area contributed by atoms with E-state index in [0.29, 0.717) is 18.5 Å². The summed E-state index contributed by atoms with van der Waals surface area (Å²) in [5, 5.41) is 2.71. The molecule has 0 fully saturated rings. The Balaban J connectivity index is 1.99. The second kappa shape index (κ2) is 7.94. The average Bonchev–Trinajstić information content (AvgIpc) is 2.60. The normalized spacial score (nSPS) is 11.0. The van der Waals surface area contributed by atoms with Crippen LogP contribution in [0.5, 0.6) is 0 Å². The Morgan fingerprint density at radius 2 is 1.68 bits per heavy atom. The largest absolute Gasteiger partial charge is 0.465 e. The molecule has 6 nitrogen and oxygen atoms in total. The first-order valence-electron chi connectivity index (χ1n) is 7.57. The minimum atomic E-state index is -3.48. The Morgan fingerprint density at radius 1 is 1.04 bits per heavy atom. The molecule has 0 saturated heterocycles. The highest BCUT2D eigenvalue weighted by Crippen LogP contribution is 2.15. The molecule has 1 N–H and O–H groups in total. The molecule has 132 valence electrons. The van der Waals surface area contributed by atoms with Gasteiger partial charge in [0, 0.05) is 12.8 Å². The van der Waals surface area contributed by atoms with E-state index < -0.39 is 21.7 Å². The molecular formula is C18H19NO5S. The summed E-state index contributed by atoms with van der Waals surface area (Å²) in [6.45, 7) is 0.342. The highest BCUT2D eigenvalue weighted by molar-refractivity contribution is 7.90. The van der Waals surface area contributed by atoms with E-state index in [1.54, 1.807) is 36.4 Å². The lowest BCUT2D eigenvalue weighted by molar-refractivity contribution is 0.0600. The Morgan fingerprint density at radius 3 is 2.28 bits per heavy atom.